The lowest BCUT2D eigenvalue weighted by Crippen LogP contribution is -2.54. The first kappa shape index (κ1) is 15.8. The number of nitrogens with one attached hydrogen (secondary N) is 1. The van der Waals surface area contributed by atoms with Crippen LogP contribution in [0.3, 0.4) is 0 Å². The average Bonchev–Trinajstić information content (AvgIpc) is 2.48. The van der Waals surface area contributed by atoms with Gasteiger partial charge in [-0.1, -0.05) is 12.1 Å². The maximum atomic E-state index is 12.7. The molecule has 1 fully saturated rings. The normalized spacial score (nSPS) is 16.0. The highest BCUT2D eigenvalue weighted by molar-refractivity contribution is 5.85. The third-order valence-electron chi connectivity index (χ3n) is 4.15. The van der Waals surface area contributed by atoms with Crippen LogP contribution in [0, 0.1) is 20.8 Å². The molecule has 0 aliphatic carbocycles. The molecule has 21 heavy (non-hydrogen) atoms. The molecule has 0 aromatic heterocycles. The van der Waals surface area contributed by atoms with Crippen molar-refractivity contribution in [1.29, 1.82) is 0 Å². The van der Waals surface area contributed by atoms with Crippen LogP contribution in [0.4, 0.5) is 0 Å². The minimum atomic E-state index is -0.847. The van der Waals surface area contributed by atoms with Gasteiger partial charge >= 0.3 is 0 Å². The number of carbonyl (C=O) groups excluding carboxylic acids is 1. The summed E-state index contributed by atoms with van der Waals surface area (Å²) in [6.07, 6.45) is 0. The summed E-state index contributed by atoms with van der Waals surface area (Å²) >= 11 is 0. The molecule has 1 aromatic carbocycles. The van der Waals surface area contributed by atoms with E-state index >= 15 is 0 Å². The van der Waals surface area contributed by atoms with E-state index in [2.05, 4.69) is 18.3 Å². The number of ether oxygens (including phenoxy) is 1. The van der Waals surface area contributed by atoms with Gasteiger partial charge in [0.15, 0.2) is 5.60 Å². The minimum Gasteiger partial charge on any atom is -0.477 e. The van der Waals surface area contributed by atoms with Gasteiger partial charge in [0.1, 0.15) is 5.75 Å². The number of nitrogens with zero attached hydrogens (tertiary/aromatic N) is 1. The largest absolute Gasteiger partial charge is 0.477 e. The second kappa shape index (κ2) is 6.06. The predicted octanol–water partition coefficient (Wildman–Crippen LogP) is 2.20. The lowest BCUT2D eigenvalue weighted by Gasteiger charge is -2.35. The fourth-order valence-electron chi connectivity index (χ4n) is 2.63. The van der Waals surface area contributed by atoms with E-state index in [0.717, 1.165) is 43.1 Å². The van der Waals surface area contributed by atoms with Crippen molar-refractivity contribution in [3.63, 3.8) is 0 Å². The molecule has 0 atom stereocenters. The van der Waals surface area contributed by atoms with E-state index in [9.17, 15) is 4.79 Å². The molecule has 0 radical (unpaired) electrons. The maximum Gasteiger partial charge on any atom is 0.266 e. The van der Waals surface area contributed by atoms with E-state index in [0.29, 0.717) is 0 Å². The number of rotatable bonds is 3. The number of amides is 1. The first-order chi connectivity index (χ1) is 9.83. The predicted molar refractivity (Wildman–Crippen MR) is 84.8 cm³/mol. The van der Waals surface area contributed by atoms with Gasteiger partial charge in [0.25, 0.3) is 5.91 Å². The molecular formula is C17H26N2O2. The summed E-state index contributed by atoms with van der Waals surface area (Å²) in [7, 11) is 0. The topological polar surface area (TPSA) is 41.6 Å². The first-order valence-electron chi connectivity index (χ1n) is 7.59. The Morgan fingerprint density at radius 2 is 1.71 bits per heavy atom. The average molecular weight is 290 g/mol. The van der Waals surface area contributed by atoms with Gasteiger partial charge in [0, 0.05) is 26.2 Å². The molecule has 0 spiro atoms. The summed E-state index contributed by atoms with van der Waals surface area (Å²) in [5, 5.41) is 3.26. The number of piperazine rings is 1. The smallest absolute Gasteiger partial charge is 0.266 e. The van der Waals surface area contributed by atoms with Gasteiger partial charge in [-0.25, -0.2) is 0 Å². The number of carbonyl (C=O) groups is 1. The highest BCUT2D eigenvalue weighted by Gasteiger charge is 2.35. The molecule has 1 heterocycles. The molecule has 1 aromatic rings. The third-order valence-corrected chi connectivity index (χ3v) is 4.15. The van der Waals surface area contributed by atoms with Crippen molar-refractivity contribution < 1.29 is 9.53 Å². The van der Waals surface area contributed by atoms with Crippen LogP contribution in [-0.4, -0.2) is 42.6 Å². The van der Waals surface area contributed by atoms with Crippen LogP contribution in [0.15, 0.2) is 12.1 Å². The Hall–Kier alpha value is -1.55. The standard InChI is InChI=1S/C17H26N2O2/c1-12-6-7-13(2)15(14(12)3)21-17(4,5)16(20)19-10-8-18-9-11-19/h6-7,18H,8-11H2,1-5H3. The molecule has 4 nitrogen and oxygen atoms in total. The fourth-order valence-corrected chi connectivity index (χ4v) is 2.63. The van der Waals surface area contributed by atoms with Crippen LogP contribution >= 0.6 is 0 Å². The summed E-state index contributed by atoms with van der Waals surface area (Å²) in [6, 6.07) is 4.13. The Morgan fingerprint density at radius 3 is 2.33 bits per heavy atom. The molecule has 1 N–H and O–H groups in total. The fraction of sp³-hybridized carbons (Fsp3) is 0.588. The summed E-state index contributed by atoms with van der Waals surface area (Å²) in [4.78, 5) is 14.6. The molecule has 1 saturated heterocycles. The van der Waals surface area contributed by atoms with Gasteiger partial charge < -0.3 is 15.0 Å². The van der Waals surface area contributed by atoms with Crippen LogP contribution in [0.25, 0.3) is 0 Å². The third kappa shape index (κ3) is 3.38. The second-order valence-electron chi connectivity index (χ2n) is 6.31. The summed E-state index contributed by atoms with van der Waals surface area (Å²) in [5.74, 6) is 0.896. The van der Waals surface area contributed by atoms with Gasteiger partial charge in [0.05, 0.1) is 0 Å². The molecule has 1 amide bonds. The first-order valence-corrected chi connectivity index (χ1v) is 7.59. The van der Waals surface area contributed by atoms with Crippen molar-refractivity contribution >= 4 is 5.91 Å². The van der Waals surface area contributed by atoms with Crippen LogP contribution in [0.2, 0.25) is 0 Å². The van der Waals surface area contributed by atoms with Gasteiger partial charge in [-0.05, 0) is 51.3 Å². The van der Waals surface area contributed by atoms with Gasteiger partial charge in [0.2, 0.25) is 0 Å². The molecule has 4 heteroatoms. The number of aryl methyl sites for hydroxylation is 2. The molecule has 1 aliphatic heterocycles. The van der Waals surface area contributed by atoms with Crippen molar-refractivity contribution in [3.05, 3.63) is 28.8 Å². The Labute approximate surface area is 127 Å². The van der Waals surface area contributed by atoms with E-state index < -0.39 is 5.60 Å². The Bertz CT molecular complexity index is 532. The molecule has 0 bridgehead atoms. The van der Waals surface area contributed by atoms with E-state index in [1.807, 2.05) is 38.7 Å². The van der Waals surface area contributed by atoms with Crippen molar-refractivity contribution in [2.45, 2.75) is 40.2 Å². The second-order valence-corrected chi connectivity index (χ2v) is 6.31. The van der Waals surface area contributed by atoms with Crippen LogP contribution in [-0.2, 0) is 4.79 Å². The van der Waals surface area contributed by atoms with E-state index in [1.165, 1.54) is 5.56 Å². The SMILES string of the molecule is Cc1ccc(C)c(OC(C)(C)C(=O)N2CCNCC2)c1C. The summed E-state index contributed by atoms with van der Waals surface area (Å²) in [5.41, 5.74) is 2.51. The van der Waals surface area contributed by atoms with Crippen molar-refractivity contribution in [3.8, 4) is 5.75 Å². The van der Waals surface area contributed by atoms with Crippen LogP contribution in [0.1, 0.15) is 30.5 Å². The van der Waals surface area contributed by atoms with Gasteiger partial charge in [-0.2, -0.15) is 0 Å². The number of benzene rings is 1. The maximum absolute atomic E-state index is 12.7. The monoisotopic (exact) mass is 290 g/mol. The Balaban J connectivity index is 2.20. The highest BCUT2D eigenvalue weighted by atomic mass is 16.5. The molecule has 116 valence electrons. The molecule has 1 aliphatic rings. The van der Waals surface area contributed by atoms with Crippen LogP contribution < -0.4 is 10.1 Å². The zero-order valence-corrected chi connectivity index (χ0v) is 13.7. The van der Waals surface area contributed by atoms with Crippen molar-refractivity contribution in [2.75, 3.05) is 26.2 Å². The van der Waals surface area contributed by atoms with Crippen molar-refractivity contribution in [1.82, 2.24) is 10.2 Å². The van der Waals surface area contributed by atoms with Crippen LogP contribution in [0.5, 0.6) is 5.75 Å². The van der Waals surface area contributed by atoms with Gasteiger partial charge in [-0.15, -0.1) is 0 Å². The Kier molecular flexibility index (Phi) is 4.57. The number of hydrogen-bond donors (Lipinski definition) is 1. The minimum absolute atomic E-state index is 0.0595. The zero-order valence-electron chi connectivity index (χ0n) is 13.7. The summed E-state index contributed by atoms with van der Waals surface area (Å²) in [6.45, 7) is 13.0. The molecule has 2 rings (SSSR count). The van der Waals surface area contributed by atoms with E-state index in [1.54, 1.807) is 0 Å². The Morgan fingerprint density at radius 1 is 1.14 bits per heavy atom. The summed E-state index contributed by atoms with van der Waals surface area (Å²) < 4.78 is 6.15. The number of hydrogen-bond acceptors (Lipinski definition) is 3. The van der Waals surface area contributed by atoms with E-state index in [-0.39, 0.29) is 5.91 Å². The lowest BCUT2D eigenvalue weighted by atomic mass is 10.0. The van der Waals surface area contributed by atoms with E-state index in [4.69, 9.17) is 4.74 Å². The highest BCUT2D eigenvalue weighted by Crippen LogP contribution is 2.30. The zero-order chi connectivity index (χ0) is 15.6. The quantitative estimate of drug-likeness (QED) is 0.928. The van der Waals surface area contributed by atoms with Gasteiger partial charge in [-0.3, -0.25) is 4.79 Å². The molecule has 0 unspecified atom stereocenters. The lowest BCUT2D eigenvalue weighted by molar-refractivity contribution is -0.146. The molecule has 0 saturated carbocycles. The van der Waals surface area contributed by atoms with Crippen molar-refractivity contribution in [2.24, 2.45) is 0 Å². The molecular weight excluding hydrogens is 264 g/mol.